The molecular formula is C26H26N6O2. The zero-order chi connectivity index (χ0) is 23.5. The minimum atomic E-state index is -0.422. The van der Waals surface area contributed by atoms with Crippen LogP contribution in [-0.2, 0) is 24.8 Å². The van der Waals surface area contributed by atoms with E-state index in [0.717, 1.165) is 51.1 Å². The second kappa shape index (κ2) is 9.27. The van der Waals surface area contributed by atoms with Gasteiger partial charge >= 0.3 is 6.09 Å². The van der Waals surface area contributed by atoms with Gasteiger partial charge in [-0.15, -0.1) is 0 Å². The first kappa shape index (κ1) is 21.5. The Morgan fingerprint density at radius 1 is 1.09 bits per heavy atom. The van der Waals surface area contributed by atoms with Gasteiger partial charge in [0.2, 0.25) is 0 Å². The zero-order valence-electron chi connectivity index (χ0n) is 19.1. The number of aromatic nitrogens is 4. The number of carbonyl (C=O) groups is 1. The number of aromatic amines is 1. The fourth-order valence-electron chi connectivity index (χ4n) is 4.11. The van der Waals surface area contributed by atoms with E-state index in [0.29, 0.717) is 6.54 Å². The Hall–Kier alpha value is -4.33. The quantitative estimate of drug-likeness (QED) is 0.333. The van der Waals surface area contributed by atoms with Crippen molar-refractivity contribution in [2.75, 3.05) is 18.9 Å². The van der Waals surface area contributed by atoms with E-state index in [1.807, 2.05) is 73.3 Å². The number of ether oxygens (including phenoxy) is 1. The van der Waals surface area contributed by atoms with Crippen LogP contribution in [0.25, 0.3) is 33.3 Å². The molecule has 0 aliphatic rings. The number of hydrogen-bond acceptors (Lipinski definition) is 5. The van der Waals surface area contributed by atoms with Gasteiger partial charge in [0.25, 0.3) is 0 Å². The van der Waals surface area contributed by atoms with Gasteiger partial charge in [-0.2, -0.15) is 0 Å². The molecule has 8 nitrogen and oxygen atoms in total. The fourth-order valence-corrected chi connectivity index (χ4v) is 4.11. The summed E-state index contributed by atoms with van der Waals surface area (Å²) in [6.45, 7) is 0.724. The predicted octanol–water partition coefficient (Wildman–Crippen LogP) is 4.63. The van der Waals surface area contributed by atoms with Gasteiger partial charge in [-0.1, -0.05) is 48.5 Å². The molecule has 0 aliphatic heterocycles. The van der Waals surface area contributed by atoms with E-state index in [1.54, 1.807) is 6.33 Å². The molecule has 0 saturated carbocycles. The number of nitrogens with one attached hydrogen (secondary N) is 3. The van der Waals surface area contributed by atoms with Crippen LogP contribution in [0.3, 0.4) is 0 Å². The molecule has 0 spiro atoms. The number of nitrogens with zero attached hydrogens (tertiary/aromatic N) is 3. The van der Waals surface area contributed by atoms with Gasteiger partial charge in [-0.25, -0.2) is 14.8 Å². The van der Waals surface area contributed by atoms with Crippen molar-refractivity contribution in [2.45, 2.75) is 13.0 Å². The summed E-state index contributed by atoms with van der Waals surface area (Å²) in [5.41, 5.74) is 6.65. The molecule has 3 aromatic heterocycles. The highest BCUT2D eigenvalue weighted by Crippen LogP contribution is 2.31. The molecule has 5 aromatic rings. The van der Waals surface area contributed by atoms with Crippen molar-refractivity contribution < 1.29 is 9.53 Å². The Bertz CT molecular complexity index is 1450. The Kier molecular flexibility index (Phi) is 5.86. The molecule has 0 saturated heterocycles. The van der Waals surface area contributed by atoms with Crippen molar-refractivity contribution >= 4 is 34.0 Å². The van der Waals surface area contributed by atoms with Crippen molar-refractivity contribution in [2.24, 2.45) is 7.05 Å². The molecule has 0 aliphatic carbocycles. The molecule has 3 heterocycles. The largest absolute Gasteiger partial charge is 0.445 e. The van der Waals surface area contributed by atoms with Crippen molar-refractivity contribution in [3.8, 4) is 11.3 Å². The second-order valence-corrected chi connectivity index (χ2v) is 8.15. The third-order valence-corrected chi connectivity index (χ3v) is 5.81. The van der Waals surface area contributed by atoms with E-state index in [2.05, 4.69) is 26.7 Å². The monoisotopic (exact) mass is 454 g/mol. The number of H-pyrrole nitrogens is 1. The first-order valence-electron chi connectivity index (χ1n) is 11.2. The number of benzene rings is 2. The number of alkyl carbamates (subject to hydrolysis) is 1. The molecule has 0 unspecified atom stereocenters. The summed E-state index contributed by atoms with van der Waals surface area (Å²) in [6.07, 6.45) is 2.13. The van der Waals surface area contributed by atoms with Crippen LogP contribution in [0.4, 0.5) is 10.6 Å². The molecule has 34 heavy (non-hydrogen) atoms. The van der Waals surface area contributed by atoms with Crippen LogP contribution >= 0.6 is 0 Å². The van der Waals surface area contributed by atoms with Crippen LogP contribution in [0.5, 0.6) is 0 Å². The summed E-state index contributed by atoms with van der Waals surface area (Å²) in [4.78, 5) is 24.7. The zero-order valence-corrected chi connectivity index (χ0v) is 19.1. The van der Waals surface area contributed by atoms with Gasteiger partial charge in [0, 0.05) is 31.7 Å². The molecule has 3 N–H and O–H groups in total. The number of rotatable bonds is 7. The summed E-state index contributed by atoms with van der Waals surface area (Å²) < 4.78 is 7.42. The standard InChI is InChI=1S/C26H26N6O2/c1-27-25-22-23(32(2)16-29-22)20-14-21(30-24(20)31-25)19-10-6-9-18(13-19)15-34-26(33)28-12-11-17-7-4-3-5-8-17/h3-10,13-14,16H,11-12,15H2,1-2H3,(H,28,33)(H2,27,30,31). The lowest BCUT2D eigenvalue weighted by Gasteiger charge is -2.08. The number of amides is 1. The summed E-state index contributed by atoms with van der Waals surface area (Å²) >= 11 is 0. The van der Waals surface area contributed by atoms with E-state index in [9.17, 15) is 4.79 Å². The third kappa shape index (κ3) is 4.30. The molecule has 5 rings (SSSR count). The molecule has 0 fully saturated rings. The Morgan fingerprint density at radius 2 is 1.91 bits per heavy atom. The van der Waals surface area contributed by atoms with Crippen molar-refractivity contribution in [1.82, 2.24) is 24.8 Å². The molecule has 8 heteroatoms. The van der Waals surface area contributed by atoms with Gasteiger partial charge in [-0.05, 0) is 35.2 Å². The summed E-state index contributed by atoms with van der Waals surface area (Å²) in [5.74, 6) is 0.733. The summed E-state index contributed by atoms with van der Waals surface area (Å²) in [5, 5.41) is 6.93. The molecule has 2 aromatic carbocycles. The Morgan fingerprint density at radius 3 is 2.74 bits per heavy atom. The van der Waals surface area contributed by atoms with Crippen molar-refractivity contribution in [3.63, 3.8) is 0 Å². The number of aryl methyl sites for hydroxylation is 1. The molecule has 0 bridgehead atoms. The lowest BCUT2D eigenvalue weighted by molar-refractivity contribution is 0.140. The first-order valence-corrected chi connectivity index (χ1v) is 11.2. The lowest BCUT2D eigenvalue weighted by atomic mass is 10.1. The Balaban J connectivity index is 1.29. The highest BCUT2D eigenvalue weighted by Gasteiger charge is 2.15. The second-order valence-electron chi connectivity index (χ2n) is 8.15. The van der Waals surface area contributed by atoms with Gasteiger partial charge in [0.05, 0.1) is 11.8 Å². The predicted molar refractivity (Wildman–Crippen MR) is 134 cm³/mol. The average molecular weight is 455 g/mol. The maximum absolute atomic E-state index is 12.1. The van der Waals surface area contributed by atoms with E-state index < -0.39 is 6.09 Å². The SMILES string of the molecule is CNc1nc2[nH]c(-c3cccc(COC(=O)NCCc4ccccc4)c3)cc2c2c1ncn2C. The van der Waals surface area contributed by atoms with E-state index in [-0.39, 0.29) is 6.61 Å². The topological polar surface area (TPSA) is 96.9 Å². The van der Waals surface area contributed by atoms with E-state index in [4.69, 9.17) is 9.72 Å². The molecule has 1 amide bonds. The highest BCUT2D eigenvalue weighted by atomic mass is 16.5. The molecular weight excluding hydrogens is 428 g/mol. The maximum Gasteiger partial charge on any atom is 0.407 e. The maximum atomic E-state index is 12.1. The summed E-state index contributed by atoms with van der Waals surface area (Å²) in [7, 11) is 3.82. The van der Waals surface area contributed by atoms with Crippen LogP contribution in [0.15, 0.2) is 67.0 Å². The molecule has 0 radical (unpaired) electrons. The first-order chi connectivity index (χ1) is 16.6. The van der Waals surface area contributed by atoms with Gasteiger partial charge in [0.1, 0.15) is 17.8 Å². The van der Waals surface area contributed by atoms with Crippen LogP contribution in [0.1, 0.15) is 11.1 Å². The minimum Gasteiger partial charge on any atom is -0.445 e. The summed E-state index contributed by atoms with van der Waals surface area (Å²) in [6, 6.07) is 20.1. The van der Waals surface area contributed by atoms with Crippen molar-refractivity contribution in [3.05, 3.63) is 78.1 Å². The number of hydrogen-bond donors (Lipinski definition) is 3. The number of anilines is 1. The van der Waals surface area contributed by atoms with Crippen LogP contribution in [0, 0.1) is 0 Å². The van der Waals surface area contributed by atoms with Crippen LogP contribution in [0.2, 0.25) is 0 Å². The van der Waals surface area contributed by atoms with Crippen molar-refractivity contribution in [1.29, 1.82) is 0 Å². The smallest absolute Gasteiger partial charge is 0.407 e. The van der Waals surface area contributed by atoms with Crippen LogP contribution in [-0.4, -0.2) is 39.2 Å². The minimum absolute atomic E-state index is 0.194. The number of imidazole rings is 1. The number of fused-ring (bicyclic) bond motifs is 3. The van der Waals surface area contributed by atoms with E-state index >= 15 is 0 Å². The van der Waals surface area contributed by atoms with Crippen LogP contribution < -0.4 is 10.6 Å². The third-order valence-electron chi connectivity index (χ3n) is 5.81. The fraction of sp³-hybridized carbons (Fsp3) is 0.192. The molecule has 172 valence electrons. The highest BCUT2D eigenvalue weighted by molar-refractivity contribution is 6.07. The number of carbonyl (C=O) groups excluding carboxylic acids is 1. The normalized spacial score (nSPS) is 11.1. The number of pyridine rings is 1. The van der Waals surface area contributed by atoms with E-state index in [1.165, 1.54) is 5.56 Å². The van der Waals surface area contributed by atoms with Gasteiger partial charge < -0.3 is 24.9 Å². The van der Waals surface area contributed by atoms with Gasteiger partial charge in [-0.3, -0.25) is 0 Å². The average Bonchev–Trinajstić information content (AvgIpc) is 3.46. The molecule has 0 atom stereocenters. The van der Waals surface area contributed by atoms with Gasteiger partial charge in [0.15, 0.2) is 5.82 Å². The Labute approximate surface area is 197 Å². The lowest BCUT2D eigenvalue weighted by Crippen LogP contribution is -2.26.